The fourth-order valence-electron chi connectivity index (χ4n) is 1.25. The van der Waals surface area contributed by atoms with Crippen molar-refractivity contribution < 1.29 is 0 Å². The minimum atomic E-state index is 0.377. The van der Waals surface area contributed by atoms with E-state index in [0.717, 1.165) is 18.6 Å². The van der Waals surface area contributed by atoms with E-state index in [9.17, 15) is 0 Å². The van der Waals surface area contributed by atoms with Gasteiger partial charge >= 0.3 is 0 Å². The summed E-state index contributed by atoms with van der Waals surface area (Å²) in [5, 5.41) is 12.1. The van der Waals surface area contributed by atoms with Gasteiger partial charge in [0.25, 0.3) is 0 Å². The van der Waals surface area contributed by atoms with E-state index in [-0.39, 0.29) is 0 Å². The van der Waals surface area contributed by atoms with Gasteiger partial charge in [-0.15, -0.1) is 0 Å². The topological polar surface area (TPSA) is 35.8 Å². The average molecular weight is 200 g/mol. The van der Waals surface area contributed by atoms with Crippen LogP contribution in [-0.2, 0) is 0 Å². The van der Waals surface area contributed by atoms with E-state index in [1.807, 2.05) is 11.8 Å². The number of rotatable bonds is 7. The Hall–Kier alpha value is -0.200. The first-order valence-electron chi connectivity index (χ1n) is 4.90. The fourth-order valence-corrected chi connectivity index (χ4v) is 1.98. The maximum atomic E-state index is 8.59. The second-order valence-electron chi connectivity index (χ2n) is 3.19. The number of hydrogen-bond acceptors (Lipinski definition) is 3. The summed E-state index contributed by atoms with van der Waals surface area (Å²) < 4.78 is 0. The Morgan fingerprint density at radius 3 is 2.31 bits per heavy atom. The number of hydrogen-bond donors (Lipinski definition) is 1. The maximum Gasteiger partial charge on any atom is 0.0638 e. The molecule has 0 radical (unpaired) electrons. The van der Waals surface area contributed by atoms with Crippen LogP contribution < -0.4 is 5.32 Å². The highest BCUT2D eigenvalue weighted by Crippen LogP contribution is 2.05. The minimum Gasteiger partial charge on any atom is -0.309 e. The van der Waals surface area contributed by atoms with Gasteiger partial charge in [-0.25, -0.2) is 0 Å². The van der Waals surface area contributed by atoms with E-state index in [2.05, 4.69) is 31.5 Å². The third-order valence-electron chi connectivity index (χ3n) is 2.16. The van der Waals surface area contributed by atoms with Gasteiger partial charge in [-0.05, 0) is 19.1 Å². The molecule has 0 aromatic rings. The molecule has 13 heavy (non-hydrogen) atoms. The standard InChI is InChI=1S/C10H20N2S/c1-4-9(6-7-11)12-10(5-2)8-13-3/h9-10,12H,4-6,8H2,1-3H3. The van der Waals surface area contributed by atoms with Crippen molar-refractivity contribution in [2.75, 3.05) is 12.0 Å². The predicted molar refractivity (Wildman–Crippen MR) is 59.9 cm³/mol. The van der Waals surface area contributed by atoms with Crippen LogP contribution in [0, 0.1) is 11.3 Å². The van der Waals surface area contributed by atoms with Crippen molar-refractivity contribution >= 4 is 11.8 Å². The highest BCUT2D eigenvalue weighted by Gasteiger charge is 2.11. The molecule has 0 rings (SSSR count). The van der Waals surface area contributed by atoms with E-state index >= 15 is 0 Å². The number of nitriles is 1. The third kappa shape index (κ3) is 5.95. The molecule has 1 N–H and O–H groups in total. The van der Waals surface area contributed by atoms with Crippen molar-refractivity contribution in [2.45, 2.75) is 45.2 Å². The predicted octanol–water partition coefficient (Wildman–Crippen LogP) is 2.41. The van der Waals surface area contributed by atoms with E-state index < -0.39 is 0 Å². The molecule has 2 nitrogen and oxygen atoms in total. The zero-order valence-electron chi connectivity index (χ0n) is 8.84. The lowest BCUT2D eigenvalue weighted by atomic mass is 10.1. The van der Waals surface area contributed by atoms with Gasteiger partial charge in [0.15, 0.2) is 0 Å². The van der Waals surface area contributed by atoms with Crippen LogP contribution in [-0.4, -0.2) is 24.1 Å². The highest BCUT2D eigenvalue weighted by atomic mass is 32.2. The van der Waals surface area contributed by atoms with Crippen molar-refractivity contribution in [1.82, 2.24) is 5.32 Å². The highest BCUT2D eigenvalue weighted by molar-refractivity contribution is 7.98. The van der Waals surface area contributed by atoms with Gasteiger partial charge in [-0.2, -0.15) is 17.0 Å². The zero-order valence-corrected chi connectivity index (χ0v) is 9.66. The van der Waals surface area contributed by atoms with Crippen LogP contribution in [0.25, 0.3) is 0 Å². The summed E-state index contributed by atoms with van der Waals surface area (Å²) in [5.74, 6) is 1.14. The second-order valence-corrected chi connectivity index (χ2v) is 4.11. The zero-order chi connectivity index (χ0) is 10.1. The molecular weight excluding hydrogens is 180 g/mol. The normalized spacial score (nSPS) is 14.9. The van der Waals surface area contributed by atoms with Gasteiger partial charge in [0.2, 0.25) is 0 Å². The SMILES string of the molecule is CCC(CC#N)NC(CC)CSC. The largest absolute Gasteiger partial charge is 0.309 e. The molecule has 0 fully saturated rings. The Kier molecular flexibility index (Phi) is 8.27. The lowest BCUT2D eigenvalue weighted by molar-refractivity contribution is 0.435. The summed E-state index contributed by atoms with van der Waals surface area (Å²) in [6.45, 7) is 4.31. The second kappa shape index (κ2) is 8.40. The summed E-state index contributed by atoms with van der Waals surface area (Å²) in [7, 11) is 0. The van der Waals surface area contributed by atoms with Crippen LogP contribution in [0.2, 0.25) is 0 Å². The molecule has 0 saturated carbocycles. The molecule has 2 atom stereocenters. The fraction of sp³-hybridized carbons (Fsp3) is 0.900. The molecule has 76 valence electrons. The first kappa shape index (κ1) is 12.8. The van der Waals surface area contributed by atoms with E-state index in [1.165, 1.54) is 0 Å². The molecule has 0 aliphatic rings. The van der Waals surface area contributed by atoms with E-state index in [4.69, 9.17) is 5.26 Å². The molecular formula is C10H20N2S. The van der Waals surface area contributed by atoms with Crippen LogP contribution in [0.15, 0.2) is 0 Å². The van der Waals surface area contributed by atoms with Crippen molar-refractivity contribution in [3.63, 3.8) is 0 Å². The van der Waals surface area contributed by atoms with Gasteiger partial charge in [0.05, 0.1) is 12.5 Å². The van der Waals surface area contributed by atoms with Crippen molar-refractivity contribution in [1.29, 1.82) is 5.26 Å². The molecule has 0 bridgehead atoms. The molecule has 0 aliphatic carbocycles. The summed E-state index contributed by atoms with van der Waals surface area (Å²) in [5.41, 5.74) is 0. The lowest BCUT2D eigenvalue weighted by Crippen LogP contribution is -2.38. The van der Waals surface area contributed by atoms with Gasteiger partial charge < -0.3 is 5.32 Å². The molecule has 0 heterocycles. The molecule has 0 spiro atoms. The van der Waals surface area contributed by atoms with E-state index in [1.54, 1.807) is 0 Å². The van der Waals surface area contributed by atoms with Crippen LogP contribution in [0.1, 0.15) is 33.1 Å². The number of nitrogens with zero attached hydrogens (tertiary/aromatic N) is 1. The molecule has 0 amide bonds. The molecule has 0 aliphatic heterocycles. The Balaban J connectivity index is 3.81. The Morgan fingerprint density at radius 2 is 1.92 bits per heavy atom. The molecule has 0 aromatic heterocycles. The first-order chi connectivity index (χ1) is 6.28. The minimum absolute atomic E-state index is 0.377. The van der Waals surface area contributed by atoms with Crippen molar-refractivity contribution in [3.05, 3.63) is 0 Å². The molecule has 0 saturated heterocycles. The lowest BCUT2D eigenvalue weighted by Gasteiger charge is -2.21. The van der Waals surface area contributed by atoms with Crippen LogP contribution in [0.4, 0.5) is 0 Å². The molecule has 2 unspecified atom stereocenters. The molecule has 0 aromatic carbocycles. The summed E-state index contributed by atoms with van der Waals surface area (Å²) in [4.78, 5) is 0. The van der Waals surface area contributed by atoms with Crippen molar-refractivity contribution in [3.8, 4) is 6.07 Å². The maximum absolute atomic E-state index is 8.59. The van der Waals surface area contributed by atoms with Gasteiger partial charge in [-0.3, -0.25) is 0 Å². The van der Waals surface area contributed by atoms with Crippen LogP contribution in [0.3, 0.4) is 0 Å². The monoisotopic (exact) mass is 200 g/mol. The number of nitrogens with one attached hydrogen (secondary N) is 1. The molecule has 3 heteroatoms. The van der Waals surface area contributed by atoms with Crippen LogP contribution in [0.5, 0.6) is 0 Å². The third-order valence-corrected chi connectivity index (χ3v) is 2.90. The summed E-state index contributed by atoms with van der Waals surface area (Å²) >= 11 is 1.86. The summed E-state index contributed by atoms with van der Waals surface area (Å²) in [6, 6.07) is 3.16. The average Bonchev–Trinajstić information content (AvgIpc) is 2.16. The van der Waals surface area contributed by atoms with E-state index in [0.29, 0.717) is 18.5 Å². The van der Waals surface area contributed by atoms with Gasteiger partial charge in [0, 0.05) is 17.8 Å². The Morgan fingerprint density at radius 1 is 1.31 bits per heavy atom. The Bertz CT molecular complexity index is 153. The van der Waals surface area contributed by atoms with Crippen molar-refractivity contribution in [2.24, 2.45) is 0 Å². The van der Waals surface area contributed by atoms with Gasteiger partial charge in [-0.1, -0.05) is 13.8 Å². The smallest absolute Gasteiger partial charge is 0.0638 e. The van der Waals surface area contributed by atoms with Gasteiger partial charge in [0.1, 0.15) is 0 Å². The number of thioether (sulfide) groups is 1. The quantitative estimate of drug-likeness (QED) is 0.685. The summed E-state index contributed by atoms with van der Waals surface area (Å²) in [6.07, 6.45) is 4.93. The first-order valence-corrected chi connectivity index (χ1v) is 6.29. The Labute approximate surface area is 86.1 Å². The van der Waals surface area contributed by atoms with Crippen LogP contribution >= 0.6 is 11.8 Å².